The summed E-state index contributed by atoms with van der Waals surface area (Å²) in [5, 5.41) is 13.5. The highest BCUT2D eigenvalue weighted by Gasteiger charge is 2.19. The number of nitrogens with zero attached hydrogens (tertiary/aromatic N) is 3. The lowest BCUT2D eigenvalue weighted by Crippen LogP contribution is -2.50. The SMILES string of the molecule is BC(=O)CCCC(=O)N[C@@H](CS)C(=O)NCC(=O)NCCNCN=[N+]=[N-]. The molecule has 0 spiro atoms. The zero-order valence-corrected chi connectivity index (χ0v) is 15.6. The minimum absolute atomic E-state index is 0.000270. The van der Waals surface area contributed by atoms with Crippen LogP contribution < -0.4 is 21.3 Å². The number of hydrogen-bond donors (Lipinski definition) is 5. The van der Waals surface area contributed by atoms with Crippen molar-refractivity contribution in [2.75, 3.05) is 32.1 Å². The topological polar surface area (TPSA) is 165 Å². The normalized spacial score (nSPS) is 11.0. The van der Waals surface area contributed by atoms with Crippen molar-refractivity contribution in [3.8, 4) is 0 Å². The second-order valence-corrected chi connectivity index (χ2v) is 5.68. The summed E-state index contributed by atoms with van der Waals surface area (Å²) in [4.78, 5) is 48.7. The van der Waals surface area contributed by atoms with E-state index in [1.54, 1.807) is 0 Å². The predicted octanol–water partition coefficient (Wildman–Crippen LogP) is -2.18. The minimum atomic E-state index is -0.860. The average molecular weight is 385 g/mol. The van der Waals surface area contributed by atoms with Gasteiger partial charge >= 0.3 is 0 Å². The Morgan fingerprint density at radius 3 is 2.46 bits per heavy atom. The summed E-state index contributed by atoms with van der Waals surface area (Å²) < 4.78 is 0. The van der Waals surface area contributed by atoms with Gasteiger partial charge in [-0.25, -0.2) is 0 Å². The van der Waals surface area contributed by atoms with Crippen LogP contribution in [-0.4, -0.2) is 69.3 Å². The van der Waals surface area contributed by atoms with Crippen LogP contribution in [0.3, 0.4) is 0 Å². The highest BCUT2D eigenvalue weighted by Crippen LogP contribution is 1.97. The van der Waals surface area contributed by atoms with Gasteiger partial charge in [0.15, 0.2) is 7.85 Å². The van der Waals surface area contributed by atoms with E-state index in [4.69, 9.17) is 5.53 Å². The van der Waals surface area contributed by atoms with Crippen LogP contribution in [0.2, 0.25) is 0 Å². The molecule has 0 saturated heterocycles. The molecule has 0 fully saturated rings. The number of amides is 3. The van der Waals surface area contributed by atoms with Crippen LogP contribution in [0.5, 0.6) is 0 Å². The first-order chi connectivity index (χ1) is 12.4. The average Bonchev–Trinajstić information content (AvgIpc) is 2.60. The molecule has 0 aliphatic carbocycles. The molecule has 3 amide bonds. The molecule has 0 aromatic heterocycles. The number of thiol groups is 1. The van der Waals surface area contributed by atoms with Gasteiger partial charge in [0.1, 0.15) is 6.04 Å². The van der Waals surface area contributed by atoms with Gasteiger partial charge in [0.2, 0.25) is 17.7 Å². The van der Waals surface area contributed by atoms with E-state index in [2.05, 4.69) is 43.9 Å². The van der Waals surface area contributed by atoms with Crippen molar-refractivity contribution in [3.05, 3.63) is 10.4 Å². The van der Waals surface area contributed by atoms with Crippen molar-refractivity contribution in [1.82, 2.24) is 21.3 Å². The van der Waals surface area contributed by atoms with Gasteiger partial charge in [-0.05, 0) is 18.4 Å². The quantitative estimate of drug-likeness (QED) is 0.0572. The molecule has 13 heteroatoms. The molecule has 0 unspecified atom stereocenters. The molecule has 0 aromatic carbocycles. The van der Waals surface area contributed by atoms with Gasteiger partial charge in [0.05, 0.1) is 18.9 Å². The highest BCUT2D eigenvalue weighted by atomic mass is 32.1. The van der Waals surface area contributed by atoms with Crippen LogP contribution >= 0.6 is 12.6 Å². The predicted molar refractivity (Wildman–Crippen MR) is 101 cm³/mol. The molecule has 4 N–H and O–H groups in total. The van der Waals surface area contributed by atoms with Gasteiger partial charge < -0.3 is 26.1 Å². The number of carbonyl (C=O) groups excluding carboxylic acids is 4. The van der Waals surface area contributed by atoms with E-state index < -0.39 is 17.9 Å². The van der Waals surface area contributed by atoms with Crippen molar-refractivity contribution >= 4 is 43.9 Å². The number of carbonyl (C=O) groups is 4. The van der Waals surface area contributed by atoms with Crippen molar-refractivity contribution in [2.24, 2.45) is 5.11 Å². The summed E-state index contributed by atoms with van der Waals surface area (Å²) in [5.41, 5.74) is 8.08. The Hall–Kier alpha value is -2.24. The van der Waals surface area contributed by atoms with Crippen molar-refractivity contribution < 1.29 is 19.2 Å². The molecular formula is C13H24BN7O4S. The van der Waals surface area contributed by atoms with Crippen molar-refractivity contribution in [2.45, 2.75) is 25.3 Å². The summed E-state index contributed by atoms with van der Waals surface area (Å²) in [6.07, 6.45) is 0.863. The van der Waals surface area contributed by atoms with Gasteiger partial charge in [0.25, 0.3) is 0 Å². The molecule has 0 heterocycles. The summed E-state index contributed by atoms with van der Waals surface area (Å²) in [7, 11) is 1.45. The molecular weight excluding hydrogens is 361 g/mol. The van der Waals surface area contributed by atoms with Crippen LogP contribution in [0.1, 0.15) is 19.3 Å². The maximum absolute atomic E-state index is 12.0. The fourth-order valence-corrected chi connectivity index (χ4v) is 2.02. The third-order valence-electron chi connectivity index (χ3n) is 3.06. The smallest absolute Gasteiger partial charge is 0.243 e. The van der Waals surface area contributed by atoms with Gasteiger partial charge in [-0.3, -0.25) is 14.4 Å². The van der Waals surface area contributed by atoms with E-state index in [0.717, 1.165) is 0 Å². The maximum atomic E-state index is 12.0. The third-order valence-corrected chi connectivity index (χ3v) is 3.42. The fraction of sp³-hybridized carbons (Fsp3) is 0.692. The Labute approximate surface area is 157 Å². The molecule has 0 radical (unpaired) electrons. The van der Waals surface area contributed by atoms with Crippen LogP contribution in [0, 0.1) is 0 Å². The highest BCUT2D eigenvalue weighted by molar-refractivity contribution is 7.80. The first-order valence-corrected chi connectivity index (χ1v) is 8.69. The van der Waals surface area contributed by atoms with Crippen LogP contribution in [0.15, 0.2) is 5.11 Å². The second kappa shape index (κ2) is 15.1. The maximum Gasteiger partial charge on any atom is 0.243 e. The number of hydrogen-bond acceptors (Lipinski definition) is 7. The Kier molecular flexibility index (Phi) is 13.8. The summed E-state index contributed by atoms with van der Waals surface area (Å²) in [6, 6.07) is -0.860. The summed E-state index contributed by atoms with van der Waals surface area (Å²) in [5.74, 6) is -1.18. The van der Waals surface area contributed by atoms with E-state index in [0.29, 0.717) is 25.9 Å². The number of rotatable bonds is 14. The van der Waals surface area contributed by atoms with Gasteiger partial charge in [-0.15, -0.1) is 0 Å². The lowest BCUT2D eigenvalue weighted by atomic mass is 9.97. The third kappa shape index (κ3) is 13.1. The Balaban J connectivity index is 4.01. The molecule has 26 heavy (non-hydrogen) atoms. The standard InChI is InChI=1S/C13H24BN7O4S/c14-10(22)2-1-3-11(23)20-9(7-26)13(25)18-6-12(24)17-5-4-16-8-19-21-15/h9,16,26H,1-8,14H2,(H,17,24)(H,18,25)(H,20,23)/t9-/m0/s1. The molecule has 144 valence electrons. The monoisotopic (exact) mass is 385 g/mol. The Morgan fingerprint density at radius 2 is 1.85 bits per heavy atom. The van der Waals surface area contributed by atoms with Crippen LogP contribution in [0.4, 0.5) is 0 Å². The molecule has 0 aromatic rings. The molecule has 1 atom stereocenters. The summed E-state index contributed by atoms with van der Waals surface area (Å²) in [6.45, 7) is 0.603. The lowest BCUT2D eigenvalue weighted by Gasteiger charge is -2.16. The summed E-state index contributed by atoms with van der Waals surface area (Å²) >= 11 is 4.02. The van der Waals surface area contributed by atoms with E-state index in [1.807, 2.05) is 0 Å². The number of azide groups is 1. The molecule has 0 saturated carbocycles. The molecule has 0 rings (SSSR count). The van der Waals surface area contributed by atoms with E-state index in [1.165, 1.54) is 7.85 Å². The van der Waals surface area contributed by atoms with Crippen LogP contribution in [-0.2, 0) is 19.2 Å². The zero-order chi connectivity index (χ0) is 19.8. The van der Waals surface area contributed by atoms with E-state index >= 15 is 0 Å². The Bertz CT molecular complexity index is 543. The minimum Gasteiger partial charge on any atom is -0.353 e. The lowest BCUT2D eigenvalue weighted by molar-refractivity contribution is -0.129. The molecule has 11 nitrogen and oxygen atoms in total. The van der Waals surface area contributed by atoms with E-state index in [9.17, 15) is 19.2 Å². The van der Waals surface area contributed by atoms with Gasteiger partial charge in [-0.1, -0.05) is 5.11 Å². The first-order valence-electron chi connectivity index (χ1n) is 8.06. The molecule has 0 aliphatic heterocycles. The van der Waals surface area contributed by atoms with E-state index in [-0.39, 0.29) is 37.0 Å². The fourth-order valence-electron chi connectivity index (χ4n) is 1.76. The van der Waals surface area contributed by atoms with Gasteiger partial charge in [-0.2, -0.15) is 12.6 Å². The second-order valence-electron chi connectivity index (χ2n) is 5.31. The molecule has 0 bridgehead atoms. The largest absolute Gasteiger partial charge is 0.353 e. The van der Waals surface area contributed by atoms with Gasteiger partial charge in [0, 0.05) is 30.2 Å². The first kappa shape index (κ1) is 23.8. The molecule has 0 aliphatic rings. The van der Waals surface area contributed by atoms with Crippen molar-refractivity contribution in [1.29, 1.82) is 0 Å². The zero-order valence-electron chi connectivity index (χ0n) is 14.7. The van der Waals surface area contributed by atoms with Crippen molar-refractivity contribution in [3.63, 3.8) is 0 Å². The van der Waals surface area contributed by atoms with Crippen LogP contribution in [0.25, 0.3) is 10.4 Å². The number of nitrogens with one attached hydrogen (secondary N) is 4. The Morgan fingerprint density at radius 1 is 1.12 bits per heavy atom.